The van der Waals surface area contributed by atoms with Crippen LogP contribution in [0.2, 0.25) is 0 Å². The molecule has 21 heavy (non-hydrogen) atoms. The predicted octanol–water partition coefficient (Wildman–Crippen LogP) is 3.23. The Bertz CT molecular complexity index is 611. The number of benzene rings is 1. The highest BCUT2D eigenvalue weighted by atomic mass is 32.2. The van der Waals surface area contributed by atoms with Crippen LogP contribution in [0.3, 0.4) is 0 Å². The summed E-state index contributed by atoms with van der Waals surface area (Å²) in [6.07, 6.45) is 2.98. The van der Waals surface area contributed by atoms with Crippen molar-refractivity contribution in [2.24, 2.45) is 5.92 Å². The lowest BCUT2D eigenvalue weighted by molar-refractivity contribution is -0.387. The normalized spacial score (nSPS) is 13.2. The van der Waals surface area contributed by atoms with Crippen molar-refractivity contribution in [1.29, 1.82) is 0 Å². The zero-order chi connectivity index (χ0) is 16.2. The van der Waals surface area contributed by atoms with Crippen molar-refractivity contribution in [2.45, 2.75) is 44.6 Å². The fourth-order valence-corrected chi connectivity index (χ4v) is 2.86. The first-order valence-electron chi connectivity index (χ1n) is 6.86. The first-order chi connectivity index (χ1) is 9.61. The van der Waals surface area contributed by atoms with Gasteiger partial charge in [-0.15, -0.1) is 0 Å². The summed E-state index contributed by atoms with van der Waals surface area (Å²) in [5.74, 6) is 0.595. The number of nitrogens with one attached hydrogen (secondary N) is 1. The summed E-state index contributed by atoms with van der Waals surface area (Å²) in [7, 11) is -3.64. The summed E-state index contributed by atoms with van der Waals surface area (Å²) in [5, 5.41) is 14.1. The molecule has 1 aromatic carbocycles. The quantitative estimate of drug-likeness (QED) is 0.616. The maximum Gasteiger partial charge on any atom is 0.288 e. The summed E-state index contributed by atoms with van der Waals surface area (Å²) < 4.78 is 23.4. The van der Waals surface area contributed by atoms with Crippen LogP contribution in [-0.4, -0.2) is 25.6 Å². The van der Waals surface area contributed by atoms with E-state index < -0.39 is 20.4 Å². The molecule has 0 radical (unpaired) electrons. The van der Waals surface area contributed by atoms with Gasteiger partial charge in [0.2, 0.25) is 0 Å². The summed E-state index contributed by atoms with van der Waals surface area (Å²) in [4.78, 5) is 9.97. The van der Waals surface area contributed by atoms with Gasteiger partial charge in [0.05, 0.1) is 4.92 Å². The third-order valence-corrected chi connectivity index (χ3v) is 4.27. The number of nitro benzene ring substituents is 1. The highest BCUT2D eigenvalue weighted by Gasteiger charge is 2.22. The van der Waals surface area contributed by atoms with Crippen LogP contribution in [0.15, 0.2) is 23.1 Å². The minimum Gasteiger partial charge on any atom is -0.383 e. The first-order valence-corrected chi connectivity index (χ1v) is 8.75. The molecule has 0 aromatic heterocycles. The van der Waals surface area contributed by atoms with Gasteiger partial charge in [0.15, 0.2) is 9.84 Å². The Kier molecular flexibility index (Phi) is 5.71. The largest absolute Gasteiger partial charge is 0.383 e. The number of sulfone groups is 1. The SMILES string of the molecule is CC(C)CCC(C)Nc1ccc([N+](=O)[O-])c(S(C)(=O)=O)c1. The molecule has 1 rings (SSSR count). The molecular formula is C14H22N2O4S. The van der Waals surface area contributed by atoms with Crippen LogP contribution < -0.4 is 5.32 Å². The third-order valence-electron chi connectivity index (χ3n) is 3.15. The maximum absolute atomic E-state index is 11.7. The number of hydrogen-bond acceptors (Lipinski definition) is 5. The highest BCUT2D eigenvalue weighted by molar-refractivity contribution is 7.90. The molecule has 0 bridgehead atoms. The van der Waals surface area contributed by atoms with Gasteiger partial charge in [-0.05, 0) is 37.8 Å². The smallest absolute Gasteiger partial charge is 0.288 e. The molecule has 0 aliphatic heterocycles. The summed E-state index contributed by atoms with van der Waals surface area (Å²) in [6, 6.07) is 4.27. The van der Waals surface area contributed by atoms with E-state index in [0.29, 0.717) is 11.6 Å². The molecule has 7 heteroatoms. The third kappa shape index (κ3) is 5.34. The fraction of sp³-hybridized carbons (Fsp3) is 0.571. The molecule has 0 saturated carbocycles. The zero-order valence-corrected chi connectivity index (χ0v) is 13.6. The van der Waals surface area contributed by atoms with Crippen LogP contribution in [0, 0.1) is 16.0 Å². The molecule has 0 fully saturated rings. The number of nitrogens with zero attached hydrogens (tertiary/aromatic N) is 1. The Hall–Kier alpha value is -1.63. The molecule has 1 unspecified atom stereocenters. The topological polar surface area (TPSA) is 89.3 Å². The summed E-state index contributed by atoms with van der Waals surface area (Å²) in [6.45, 7) is 6.28. The number of rotatable bonds is 7. The van der Waals surface area contributed by atoms with E-state index in [0.717, 1.165) is 19.1 Å². The van der Waals surface area contributed by atoms with Gasteiger partial charge in [-0.1, -0.05) is 13.8 Å². The van der Waals surface area contributed by atoms with Crippen LogP contribution in [0.4, 0.5) is 11.4 Å². The van der Waals surface area contributed by atoms with E-state index in [1.807, 2.05) is 6.92 Å². The Balaban J connectivity index is 2.99. The van der Waals surface area contributed by atoms with Crippen LogP contribution in [0.5, 0.6) is 0 Å². The molecule has 1 aromatic rings. The van der Waals surface area contributed by atoms with Crippen molar-refractivity contribution in [3.05, 3.63) is 28.3 Å². The monoisotopic (exact) mass is 314 g/mol. The average molecular weight is 314 g/mol. The van der Waals surface area contributed by atoms with Crippen LogP contribution in [0.1, 0.15) is 33.6 Å². The molecule has 0 saturated heterocycles. The minimum absolute atomic E-state index is 0.168. The Morgan fingerprint density at radius 1 is 1.24 bits per heavy atom. The van der Waals surface area contributed by atoms with E-state index in [2.05, 4.69) is 19.2 Å². The lowest BCUT2D eigenvalue weighted by Crippen LogP contribution is -2.16. The van der Waals surface area contributed by atoms with Crippen LogP contribution in [-0.2, 0) is 9.84 Å². The lowest BCUT2D eigenvalue weighted by atomic mass is 10.0. The maximum atomic E-state index is 11.7. The van der Waals surface area contributed by atoms with Gasteiger partial charge < -0.3 is 5.32 Å². The number of nitro groups is 1. The zero-order valence-electron chi connectivity index (χ0n) is 12.8. The van der Waals surface area contributed by atoms with Crippen molar-refractivity contribution in [3.8, 4) is 0 Å². The molecule has 6 nitrogen and oxygen atoms in total. The molecular weight excluding hydrogens is 292 g/mol. The molecule has 118 valence electrons. The first kappa shape index (κ1) is 17.4. The van der Waals surface area contributed by atoms with E-state index in [1.54, 1.807) is 6.07 Å². The Morgan fingerprint density at radius 3 is 2.33 bits per heavy atom. The van der Waals surface area contributed by atoms with E-state index in [9.17, 15) is 18.5 Å². The molecule has 1 N–H and O–H groups in total. The second-order valence-corrected chi connectivity index (χ2v) is 7.71. The molecule has 0 aliphatic carbocycles. The standard InChI is InChI=1S/C14H22N2O4S/c1-10(2)5-6-11(3)15-12-7-8-13(16(17)18)14(9-12)21(4,19)20/h7-11,15H,5-6H2,1-4H3. The van der Waals surface area contributed by atoms with E-state index in [1.165, 1.54) is 12.1 Å². The second kappa shape index (κ2) is 6.89. The van der Waals surface area contributed by atoms with Gasteiger partial charge in [-0.25, -0.2) is 8.42 Å². The van der Waals surface area contributed by atoms with Gasteiger partial charge >= 0.3 is 0 Å². The van der Waals surface area contributed by atoms with Crippen molar-refractivity contribution >= 4 is 21.2 Å². The van der Waals surface area contributed by atoms with E-state index >= 15 is 0 Å². The van der Waals surface area contributed by atoms with Gasteiger partial charge in [0.25, 0.3) is 5.69 Å². The van der Waals surface area contributed by atoms with Crippen molar-refractivity contribution in [2.75, 3.05) is 11.6 Å². The molecule has 0 aliphatic rings. The summed E-state index contributed by atoms with van der Waals surface area (Å²) >= 11 is 0. The number of anilines is 1. The second-order valence-electron chi connectivity index (χ2n) is 5.73. The van der Waals surface area contributed by atoms with E-state index in [4.69, 9.17) is 0 Å². The van der Waals surface area contributed by atoms with E-state index in [-0.39, 0.29) is 10.9 Å². The lowest BCUT2D eigenvalue weighted by Gasteiger charge is -2.16. The molecule has 0 amide bonds. The Morgan fingerprint density at radius 2 is 1.86 bits per heavy atom. The van der Waals surface area contributed by atoms with Crippen LogP contribution in [0.25, 0.3) is 0 Å². The molecule has 0 spiro atoms. The van der Waals surface area contributed by atoms with Gasteiger partial charge in [-0.2, -0.15) is 0 Å². The minimum atomic E-state index is -3.64. The van der Waals surface area contributed by atoms with Crippen LogP contribution >= 0.6 is 0 Å². The van der Waals surface area contributed by atoms with Gasteiger partial charge in [0.1, 0.15) is 4.90 Å². The Labute approximate surface area is 125 Å². The molecule has 0 heterocycles. The van der Waals surface area contributed by atoms with Crippen molar-refractivity contribution < 1.29 is 13.3 Å². The summed E-state index contributed by atoms with van der Waals surface area (Å²) in [5.41, 5.74) is 0.190. The highest BCUT2D eigenvalue weighted by Crippen LogP contribution is 2.27. The van der Waals surface area contributed by atoms with Gasteiger partial charge in [-0.3, -0.25) is 10.1 Å². The fourth-order valence-electron chi connectivity index (χ4n) is 1.99. The van der Waals surface area contributed by atoms with Crippen molar-refractivity contribution in [3.63, 3.8) is 0 Å². The predicted molar refractivity (Wildman–Crippen MR) is 83.4 cm³/mol. The average Bonchev–Trinajstić information content (AvgIpc) is 2.35. The number of hydrogen-bond donors (Lipinski definition) is 1. The molecule has 1 atom stereocenters. The van der Waals surface area contributed by atoms with Gasteiger partial charge in [0, 0.05) is 24.1 Å². The van der Waals surface area contributed by atoms with Crippen molar-refractivity contribution in [1.82, 2.24) is 0 Å².